The predicted octanol–water partition coefficient (Wildman–Crippen LogP) is 4.61. The molecule has 34 heavy (non-hydrogen) atoms. The number of esters is 1. The molecule has 0 amide bonds. The fourth-order valence-corrected chi connectivity index (χ4v) is 4.00. The van der Waals surface area contributed by atoms with Gasteiger partial charge in [-0.2, -0.15) is 0 Å². The van der Waals surface area contributed by atoms with Crippen LogP contribution in [0.5, 0.6) is 23.0 Å². The number of carbonyl (C=O) groups is 1. The van der Waals surface area contributed by atoms with Crippen molar-refractivity contribution in [3.05, 3.63) is 95.2 Å². The van der Waals surface area contributed by atoms with Gasteiger partial charge in [-0.05, 0) is 54.6 Å². The molecule has 3 aromatic rings. The van der Waals surface area contributed by atoms with Crippen LogP contribution in [0.15, 0.2) is 83.5 Å². The van der Waals surface area contributed by atoms with Crippen LogP contribution in [0.3, 0.4) is 0 Å². The second-order valence-electron chi connectivity index (χ2n) is 7.76. The van der Waals surface area contributed by atoms with E-state index in [1.807, 2.05) is 48.5 Å². The number of ether oxygens (including phenoxy) is 5. The Kier molecular flexibility index (Phi) is 4.80. The highest BCUT2D eigenvalue weighted by Gasteiger charge is 2.31. The minimum atomic E-state index is -0.518. The van der Waals surface area contributed by atoms with Crippen LogP contribution in [-0.2, 0) is 9.53 Å². The molecule has 0 saturated heterocycles. The van der Waals surface area contributed by atoms with Crippen molar-refractivity contribution in [3.63, 3.8) is 0 Å². The third kappa shape index (κ3) is 3.47. The van der Waals surface area contributed by atoms with Crippen LogP contribution < -0.4 is 18.9 Å². The molecule has 6 rings (SSSR count). The Morgan fingerprint density at radius 2 is 1.59 bits per heavy atom. The van der Waals surface area contributed by atoms with Crippen molar-refractivity contribution in [1.82, 2.24) is 0 Å². The van der Waals surface area contributed by atoms with Gasteiger partial charge in [0.05, 0.1) is 7.11 Å². The monoisotopic (exact) mass is 453 g/mol. The van der Waals surface area contributed by atoms with E-state index in [2.05, 4.69) is 4.99 Å². The lowest BCUT2D eigenvalue weighted by molar-refractivity contribution is -0.129. The van der Waals surface area contributed by atoms with E-state index in [0.717, 1.165) is 11.1 Å². The molecule has 0 spiro atoms. The highest BCUT2D eigenvalue weighted by molar-refractivity contribution is 6.15. The average Bonchev–Trinajstić information content (AvgIpc) is 3.29. The van der Waals surface area contributed by atoms with Gasteiger partial charge in [0.2, 0.25) is 5.90 Å². The Hall–Kier alpha value is -4.52. The van der Waals surface area contributed by atoms with Crippen molar-refractivity contribution in [2.24, 2.45) is 4.99 Å². The minimum Gasteiger partial charge on any atom is -0.497 e. The number of carbonyl (C=O) groups excluding carboxylic acids is 1. The number of nitrogens with zero attached hydrogens (tertiary/aromatic N) is 1. The van der Waals surface area contributed by atoms with E-state index in [-0.39, 0.29) is 11.6 Å². The predicted molar refractivity (Wildman–Crippen MR) is 125 cm³/mol. The van der Waals surface area contributed by atoms with E-state index < -0.39 is 5.97 Å². The lowest BCUT2D eigenvalue weighted by Gasteiger charge is -2.23. The molecule has 3 aliphatic heterocycles. The summed E-state index contributed by atoms with van der Waals surface area (Å²) in [5.41, 5.74) is 3.08. The molecule has 3 aromatic carbocycles. The largest absolute Gasteiger partial charge is 0.497 e. The third-order valence-electron chi connectivity index (χ3n) is 5.69. The summed E-state index contributed by atoms with van der Waals surface area (Å²) in [6.07, 6.45) is 1.81. The molecule has 168 valence electrons. The van der Waals surface area contributed by atoms with Crippen molar-refractivity contribution < 1.29 is 28.5 Å². The lowest BCUT2D eigenvalue weighted by Crippen LogP contribution is -2.15. The van der Waals surface area contributed by atoms with E-state index in [1.165, 1.54) is 0 Å². The molecule has 7 heteroatoms. The van der Waals surface area contributed by atoms with Gasteiger partial charge in [0.15, 0.2) is 17.2 Å². The molecule has 0 N–H and O–H groups in total. The molecule has 7 nitrogen and oxygen atoms in total. The third-order valence-corrected chi connectivity index (χ3v) is 5.69. The summed E-state index contributed by atoms with van der Waals surface area (Å²) in [4.78, 5) is 17.5. The zero-order valence-corrected chi connectivity index (χ0v) is 18.2. The Morgan fingerprint density at radius 3 is 2.41 bits per heavy atom. The van der Waals surface area contributed by atoms with E-state index in [0.29, 0.717) is 53.1 Å². The molecule has 0 saturated carbocycles. The van der Waals surface area contributed by atoms with E-state index >= 15 is 0 Å². The second kappa shape index (κ2) is 8.12. The van der Waals surface area contributed by atoms with Crippen molar-refractivity contribution in [1.29, 1.82) is 0 Å². The molecule has 0 bridgehead atoms. The molecule has 0 unspecified atom stereocenters. The fraction of sp³-hybridized carbons (Fsp3) is 0.111. The van der Waals surface area contributed by atoms with E-state index in [9.17, 15) is 4.79 Å². The highest BCUT2D eigenvalue weighted by Crippen LogP contribution is 2.41. The van der Waals surface area contributed by atoms with Crippen molar-refractivity contribution in [2.75, 3.05) is 20.3 Å². The van der Waals surface area contributed by atoms with Crippen molar-refractivity contribution in [2.45, 2.75) is 0 Å². The maximum Gasteiger partial charge on any atom is 0.364 e. The van der Waals surface area contributed by atoms with Gasteiger partial charge >= 0.3 is 5.97 Å². The molecule has 3 heterocycles. The molecular weight excluding hydrogens is 434 g/mol. The van der Waals surface area contributed by atoms with Gasteiger partial charge in [-0.1, -0.05) is 18.2 Å². The number of para-hydroxylation sites is 1. The SMILES string of the molecule is COc1ccc(C2=N/C(=C3/C=C(c4ccc5c(c4)OCCO5)Oc4ccccc43)C(=O)O2)cc1. The topological polar surface area (TPSA) is 75.6 Å². The van der Waals surface area contributed by atoms with Crippen LogP contribution in [-0.4, -0.2) is 32.2 Å². The molecule has 0 radical (unpaired) electrons. The van der Waals surface area contributed by atoms with Gasteiger partial charge in [0.25, 0.3) is 0 Å². The zero-order valence-electron chi connectivity index (χ0n) is 18.2. The molecule has 3 aliphatic rings. The number of hydrogen-bond donors (Lipinski definition) is 0. The van der Waals surface area contributed by atoms with Crippen LogP contribution in [0.1, 0.15) is 16.7 Å². The number of cyclic esters (lactones) is 1. The first-order chi connectivity index (χ1) is 16.7. The fourth-order valence-electron chi connectivity index (χ4n) is 4.00. The Labute approximate surface area is 195 Å². The normalized spacial score (nSPS) is 18.3. The summed E-state index contributed by atoms with van der Waals surface area (Å²) in [7, 11) is 1.60. The summed E-state index contributed by atoms with van der Waals surface area (Å²) in [5, 5.41) is 0. The number of fused-ring (bicyclic) bond motifs is 2. The molecule has 0 aromatic heterocycles. The first kappa shape index (κ1) is 20.1. The maximum absolute atomic E-state index is 12.9. The Bertz CT molecular complexity index is 1400. The summed E-state index contributed by atoms with van der Waals surface area (Å²) in [6.45, 7) is 1.01. The summed E-state index contributed by atoms with van der Waals surface area (Å²) >= 11 is 0. The van der Waals surface area contributed by atoms with Crippen LogP contribution >= 0.6 is 0 Å². The quantitative estimate of drug-likeness (QED) is 0.426. The van der Waals surface area contributed by atoms with Gasteiger partial charge in [0.1, 0.15) is 30.5 Å². The summed E-state index contributed by atoms with van der Waals surface area (Å²) in [5.74, 6) is 2.97. The smallest absolute Gasteiger partial charge is 0.364 e. The zero-order chi connectivity index (χ0) is 23.1. The number of methoxy groups -OCH3 is 1. The van der Waals surface area contributed by atoms with Crippen molar-refractivity contribution >= 4 is 23.2 Å². The summed E-state index contributed by atoms with van der Waals surface area (Å²) < 4.78 is 28.3. The lowest BCUT2D eigenvalue weighted by atomic mass is 9.97. The molecule has 0 atom stereocenters. The van der Waals surface area contributed by atoms with Crippen LogP contribution in [0, 0.1) is 0 Å². The van der Waals surface area contributed by atoms with Crippen molar-refractivity contribution in [3.8, 4) is 23.0 Å². The first-order valence-electron chi connectivity index (χ1n) is 10.8. The standard InChI is InChI=1S/C27H19NO6/c1-30-18-9-6-16(7-10-18)26-28-25(27(29)34-26)20-15-23(33-21-5-3-2-4-19(20)21)17-8-11-22-24(14-17)32-13-12-31-22/h2-11,14-15H,12-13H2,1H3/b25-20-. The van der Waals surface area contributed by atoms with Crippen LogP contribution in [0.25, 0.3) is 11.3 Å². The average molecular weight is 453 g/mol. The Balaban J connectivity index is 1.46. The van der Waals surface area contributed by atoms with E-state index in [1.54, 1.807) is 31.4 Å². The highest BCUT2D eigenvalue weighted by atomic mass is 16.6. The number of aliphatic imine (C=N–C) groups is 1. The second-order valence-corrected chi connectivity index (χ2v) is 7.76. The van der Waals surface area contributed by atoms with Crippen LogP contribution in [0.2, 0.25) is 0 Å². The van der Waals surface area contributed by atoms with Crippen LogP contribution in [0.4, 0.5) is 0 Å². The van der Waals surface area contributed by atoms with Gasteiger partial charge in [-0.3, -0.25) is 0 Å². The molecule has 0 fully saturated rings. The molecule has 0 aliphatic carbocycles. The molecular formula is C27H19NO6. The number of benzene rings is 3. The first-order valence-corrected chi connectivity index (χ1v) is 10.8. The number of allylic oxidation sites excluding steroid dienone is 2. The number of rotatable bonds is 3. The van der Waals surface area contributed by atoms with Gasteiger partial charge in [-0.15, -0.1) is 0 Å². The van der Waals surface area contributed by atoms with Gasteiger partial charge in [0, 0.05) is 22.3 Å². The number of hydrogen-bond acceptors (Lipinski definition) is 7. The summed E-state index contributed by atoms with van der Waals surface area (Å²) in [6, 6.07) is 20.3. The van der Waals surface area contributed by atoms with Gasteiger partial charge < -0.3 is 23.7 Å². The van der Waals surface area contributed by atoms with Gasteiger partial charge in [-0.25, -0.2) is 9.79 Å². The van der Waals surface area contributed by atoms with E-state index in [4.69, 9.17) is 23.7 Å². The maximum atomic E-state index is 12.9. The Morgan fingerprint density at radius 1 is 0.824 bits per heavy atom. The minimum absolute atomic E-state index is 0.219.